The summed E-state index contributed by atoms with van der Waals surface area (Å²) in [5.74, 6) is -0.424. The number of nitrogens with two attached hydrogens (primary N) is 1. The number of halogens is 1. The number of nitro groups is 1. The molecule has 0 aromatic heterocycles. The second-order valence-corrected chi connectivity index (χ2v) is 4.95. The van der Waals surface area contributed by atoms with Crippen LogP contribution in [0.3, 0.4) is 0 Å². The third-order valence-electron chi connectivity index (χ3n) is 3.15. The van der Waals surface area contributed by atoms with E-state index < -0.39 is 10.8 Å². The first-order valence-electron chi connectivity index (χ1n) is 5.98. The third kappa shape index (κ3) is 2.85. The van der Waals surface area contributed by atoms with Gasteiger partial charge in [0.1, 0.15) is 5.56 Å². The number of rotatable bonds is 2. The zero-order valence-electron chi connectivity index (χ0n) is 10.2. The Morgan fingerprint density at radius 1 is 1.53 bits per heavy atom. The second kappa shape index (κ2) is 5.54. The molecule has 0 saturated carbocycles. The van der Waals surface area contributed by atoms with Crippen molar-refractivity contribution in [3.63, 3.8) is 0 Å². The highest BCUT2D eigenvalue weighted by Gasteiger charge is 2.29. The molecule has 0 spiro atoms. The Kier molecular flexibility index (Phi) is 4.01. The molecule has 1 fully saturated rings. The first-order chi connectivity index (χ1) is 9.00. The van der Waals surface area contributed by atoms with E-state index in [1.807, 2.05) is 0 Å². The summed E-state index contributed by atoms with van der Waals surface area (Å²) in [5.41, 5.74) is 5.50. The van der Waals surface area contributed by atoms with Crippen LogP contribution in [0.4, 0.5) is 5.69 Å². The van der Waals surface area contributed by atoms with Crippen molar-refractivity contribution in [3.05, 3.63) is 38.9 Å². The number of carbonyl (C=O) groups excluding carboxylic acids is 1. The Hall–Kier alpha value is -1.66. The highest BCUT2D eigenvalue weighted by molar-refractivity contribution is 6.34. The average Bonchev–Trinajstić information content (AvgIpc) is 2.37. The molecule has 1 amide bonds. The minimum atomic E-state index is -0.594. The maximum atomic E-state index is 12.4. The predicted molar refractivity (Wildman–Crippen MR) is 71.2 cm³/mol. The maximum Gasteiger partial charge on any atom is 0.283 e. The highest BCUT2D eigenvalue weighted by atomic mass is 35.5. The Morgan fingerprint density at radius 3 is 2.89 bits per heavy atom. The van der Waals surface area contributed by atoms with Gasteiger partial charge in [0.05, 0.1) is 9.95 Å². The van der Waals surface area contributed by atoms with Crippen molar-refractivity contribution in [2.75, 3.05) is 13.1 Å². The van der Waals surface area contributed by atoms with Gasteiger partial charge in [-0.15, -0.1) is 0 Å². The van der Waals surface area contributed by atoms with E-state index in [0.717, 1.165) is 12.8 Å². The van der Waals surface area contributed by atoms with Crippen LogP contribution in [0.1, 0.15) is 23.2 Å². The average molecular weight is 284 g/mol. The first-order valence-corrected chi connectivity index (χ1v) is 6.36. The topological polar surface area (TPSA) is 89.5 Å². The molecule has 0 bridgehead atoms. The van der Waals surface area contributed by atoms with Crippen LogP contribution in [0.15, 0.2) is 18.2 Å². The molecule has 0 radical (unpaired) electrons. The van der Waals surface area contributed by atoms with E-state index in [1.54, 1.807) is 0 Å². The van der Waals surface area contributed by atoms with Crippen molar-refractivity contribution >= 4 is 23.2 Å². The minimum Gasteiger partial charge on any atom is -0.337 e. The fourth-order valence-electron chi connectivity index (χ4n) is 2.23. The summed E-state index contributed by atoms with van der Waals surface area (Å²) in [4.78, 5) is 24.3. The summed E-state index contributed by atoms with van der Waals surface area (Å²) in [6.45, 7) is 0.954. The Morgan fingerprint density at radius 2 is 2.26 bits per heavy atom. The van der Waals surface area contributed by atoms with E-state index in [9.17, 15) is 14.9 Å². The summed E-state index contributed by atoms with van der Waals surface area (Å²) in [6.07, 6.45) is 1.65. The van der Waals surface area contributed by atoms with Crippen LogP contribution >= 0.6 is 11.6 Å². The van der Waals surface area contributed by atoms with Crippen molar-refractivity contribution in [1.29, 1.82) is 0 Å². The fourth-order valence-corrected chi connectivity index (χ4v) is 2.48. The largest absolute Gasteiger partial charge is 0.337 e. The predicted octanol–water partition coefficient (Wildman–Crippen LogP) is 1.81. The molecule has 6 nitrogen and oxygen atoms in total. The van der Waals surface area contributed by atoms with Gasteiger partial charge in [0, 0.05) is 25.2 Å². The molecule has 1 atom stereocenters. The molecule has 2 N–H and O–H groups in total. The highest BCUT2D eigenvalue weighted by Crippen LogP contribution is 2.28. The molecule has 102 valence electrons. The number of hydrogen-bond donors (Lipinski definition) is 1. The molecular weight excluding hydrogens is 270 g/mol. The van der Waals surface area contributed by atoms with Crippen LogP contribution < -0.4 is 5.73 Å². The first kappa shape index (κ1) is 13.8. The molecule has 0 aliphatic carbocycles. The van der Waals surface area contributed by atoms with Crippen molar-refractivity contribution in [2.24, 2.45) is 5.73 Å². The van der Waals surface area contributed by atoms with Gasteiger partial charge in [-0.25, -0.2) is 0 Å². The van der Waals surface area contributed by atoms with Crippen LogP contribution in [0.5, 0.6) is 0 Å². The number of benzene rings is 1. The lowest BCUT2D eigenvalue weighted by atomic mass is 10.0. The molecule has 0 unspecified atom stereocenters. The number of nitrogens with zero attached hydrogens (tertiary/aromatic N) is 2. The van der Waals surface area contributed by atoms with Gasteiger partial charge in [-0.05, 0) is 18.9 Å². The van der Waals surface area contributed by atoms with Crippen LogP contribution in [0, 0.1) is 10.1 Å². The molecule has 1 aliphatic heterocycles. The number of likely N-dealkylation sites (tertiary alicyclic amines) is 1. The Balaban J connectivity index is 2.35. The van der Waals surface area contributed by atoms with Gasteiger partial charge in [-0.3, -0.25) is 14.9 Å². The molecule has 19 heavy (non-hydrogen) atoms. The third-order valence-corrected chi connectivity index (χ3v) is 3.46. The van der Waals surface area contributed by atoms with Crippen LogP contribution in [0.2, 0.25) is 5.02 Å². The fraction of sp³-hybridized carbons (Fsp3) is 0.417. The van der Waals surface area contributed by atoms with E-state index in [0.29, 0.717) is 13.1 Å². The van der Waals surface area contributed by atoms with Crippen LogP contribution in [-0.2, 0) is 0 Å². The number of carbonyl (C=O) groups is 1. The molecular formula is C12H14ClN3O3. The zero-order chi connectivity index (χ0) is 14.0. The van der Waals surface area contributed by atoms with Gasteiger partial charge in [-0.2, -0.15) is 0 Å². The molecule has 1 aromatic carbocycles. The lowest BCUT2D eigenvalue weighted by Crippen LogP contribution is -2.45. The molecule has 7 heteroatoms. The smallest absolute Gasteiger partial charge is 0.283 e. The lowest BCUT2D eigenvalue weighted by molar-refractivity contribution is -0.385. The van der Waals surface area contributed by atoms with Crippen LogP contribution in [-0.4, -0.2) is 34.9 Å². The van der Waals surface area contributed by atoms with Gasteiger partial charge in [0.25, 0.3) is 11.6 Å². The van der Waals surface area contributed by atoms with Crippen molar-refractivity contribution < 1.29 is 9.72 Å². The molecule has 1 aliphatic rings. The van der Waals surface area contributed by atoms with Gasteiger partial charge >= 0.3 is 0 Å². The minimum absolute atomic E-state index is 0.0525. The van der Waals surface area contributed by atoms with Gasteiger partial charge in [0.15, 0.2) is 0 Å². The normalized spacial score (nSPS) is 19.3. The van der Waals surface area contributed by atoms with Crippen molar-refractivity contribution in [3.8, 4) is 0 Å². The summed E-state index contributed by atoms with van der Waals surface area (Å²) in [5, 5.41) is 11.1. The van der Waals surface area contributed by atoms with E-state index in [4.69, 9.17) is 17.3 Å². The lowest BCUT2D eigenvalue weighted by Gasteiger charge is -2.30. The number of nitro benzene ring substituents is 1. The molecule has 2 rings (SSSR count). The zero-order valence-corrected chi connectivity index (χ0v) is 11.0. The maximum absolute atomic E-state index is 12.4. The Labute approximate surface area is 115 Å². The van der Waals surface area contributed by atoms with Gasteiger partial charge in [-0.1, -0.05) is 17.7 Å². The van der Waals surface area contributed by atoms with E-state index >= 15 is 0 Å². The second-order valence-electron chi connectivity index (χ2n) is 4.54. The van der Waals surface area contributed by atoms with Gasteiger partial charge < -0.3 is 10.6 Å². The van der Waals surface area contributed by atoms with Crippen LogP contribution in [0.25, 0.3) is 0 Å². The number of piperidine rings is 1. The quantitative estimate of drug-likeness (QED) is 0.662. The van der Waals surface area contributed by atoms with E-state index in [-0.39, 0.29) is 22.3 Å². The van der Waals surface area contributed by atoms with Crippen molar-refractivity contribution in [2.45, 2.75) is 18.9 Å². The summed E-state index contributed by atoms with van der Waals surface area (Å²) in [6, 6.07) is 4.13. The van der Waals surface area contributed by atoms with Crippen molar-refractivity contribution in [1.82, 2.24) is 4.90 Å². The van der Waals surface area contributed by atoms with E-state index in [1.165, 1.54) is 23.1 Å². The molecule has 1 heterocycles. The number of hydrogen-bond acceptors (Lipinski definition) is 4. The monoisotopic (exact) mass is 283 g/mol. The summed E-state index contributed by atoms with van der Waals surface area (Å²) in [7, 11) is 0. The summed E-state index contributed by atoms with van der Waals surface area (Å²) >= 11 is 5.94. The van der Waals surface area contributed by atoms with Gasteiger partial charge in [0.2, 0.25) is 0 Å². The standard InChI is InChI=1S/C12H14ClN3O3/c13-9-4-1-5-10(16(18)19)11(9)12(17)15-6-2-3-8(14)7-15/h1,4-5,8H,2-3,6-7,14H2/t8-/m1/s1. The molecule has 1 aromatic rings. The molecule has 1 saturated heterocycles. The van der Waals surface area contributed by atoms with E-state index in [2.05, 4.69) is 0 Å². The SMILES string of the molecule is N[C@@H]1CCCN(C(=O)c2c(Cl)cccc2[N+](=O)[O-])C1. The number of amides is 1. The summed E-state index contributed by atoms with van der Waals surface area (Å²) < 4.78 is 0. The Bertz CT molecular complexity index is 521.